The molecular weight excluding hydrogens is 262 g/mol. The van der Waals surface area contributed by atoms with Crippen molar-refractivity contribution in [3.05, 3.63) is 29.3 Å². The molecule has 0 spiro atoms. The highest BCUT2D eigenvalue weighted by Gasteiger charge is 2.32. The molecule has 1 aromatic rings. The Hall–Kier alpha value is -1.55. The number of hydrogen-bond donors (Lipinski definition) is 2. The number of hydrogen-bond acceptors (Lipinski definition) is 3. The molecule has 4 rings (SSSR count). The Labute approximate surface area is 125 Å². The van der Waals surface area contributed by atoms with Gasteiger partial charge < -0.3 is 15.5 Å². The highest BCUT2D eigenvalue weighted by atomic mass is 16.1. The molecule has 0 bridgehead atoms. The van der Waals surface area contributed by atoms with Crippen LogP contribution in [0.1, 0.15) is 41.6 Å². The SMILES string of the molecule is O=C(NC1CCN2CCCC2C1)c1ccc2c(c1)CCN2. The van der Waals surface area contributed by atoms with E-state index in [0.29, 0.717) is 12.1 Å². The molecule has 4 heteroatoms. The molecule has 0 saturated carbocycles. The Bertz CT molecular complexity index is 557. The maximum Gasteiger partial charge on any atom is 0.251 e. The van der Waals surface area contributed by atoms with Crippen LogP contribution in [0.4, 0.5) is 5.69 Å². The number of rotatable bonds is 2. The minimum Gasteiger partial charge on any atom is -0.384 e. The van der Waals surface area contributed by atoms with E-state index in [1.807, 2.05) is 12.1 Å². The van der Waals surface area contributed by atoms with Crippen molar-refractivity contribution >= 4 is 11.6 Å². The summed E-state index contributed by atoms with van der Waals surface area (Å²) in [6, 6.07) is 7.08. The predicted octanol–water partition coefficient (Wildman–Crippen LogP) is 2.01. The fourth-order valence-corrected chi connectivity index (χ4v) is 4.07. The third-order valence-corrected chi connectivity index (χ3v) is 5.23. The van der Waals surface area contributed by atoms with E-state index >= 15 is 0 Å². The summed E-state index contributed by atoms with van der Waals surface area (Å²) < 4.78 is 0. The van der Waals surface area contributed by atoms with E-state index < -0.39 is 0 Å². The Kier molecular flexibility index (Phi) is 3.34. The Morgan fingerprint density at radius 3 is 3.19 bits per heavy atom. The summed E-state index contributed by atoms with van der Waals surface area (Å²) in [4.78, 5) is 15.0. The van der Waals surface area contributed by atoms with Crippen molar-refractivity contribution < 1.29 is 4.79 Å². The van der Waals surface area contributed by atoms with Gasteiger partial charge in [-0.05, 0) is 62.4 Å². The lowest BCUT2D eigenvalue weighted by Crippen LogP contribution is -2.47. The number of nitrogens with one attached hydrogen (secondary N) is 2. The summed E-state index contributed by atoms with van der Waals surface area (Å²) in [5.41, 5.74) is 3.27. The van der Waals surface area contributed by atoms with E-state index in [-0.39, 0.29) is 5.91 Å². The minimum atomic E-state index is 0.0983. The number of benzene rings is 1. The Morgan fingerprint density at radius 1 is 1.29 bits per heavy atom. The number of carbonyl (C=O) groups is 1. The second kappa shape index (κ2) is 5.34. The second-order valence-corrected chi connectivity index (χ2v) is 6.58. The van der Waals surface area contributed by atoms with E-state index in [2.05, 4.69) is 21.6 Å². The molecule has 3 aliphatic rings. The van der Waals surface area contributed by atoms with Crippen LogP contribution in [-0.4, -0.2) is 42.5 Å². The third-order valence-electron chi connectivity index (χ3n) is 5.23. The fourth-order valence-electron chi connectivity index (χ4n) is 4.07. The summed E-state index contributed by atoms with van der Waals surface area (Å²) in [7, 11) is 0. The first-order chi connectivity index (χ1) is 10.3. The monoisotopic (exact) mass is 285 g/mol. The zero-order valence-electron chi connectivity index (χ0n) is 12.4. The largest absolute Gasteiger partial charge is 0.384 e. The zero-order valence-corrected chi connectivity index (χ0v) is 12.4. The minimum absolute atomic E-state index is 0.0983. The number of piperidine rings is 1. The van der Waals surface area contributed by atoms with Crippen LogP contribution >= 0.6 is 0 Å². The molecule has 21 heavy (non-hydrogen) atoms. The molecule has 0 radical (unpaired) electrons. The van der Waals surface area contributed by atoms with Gasteiger partial charge in [-0.2, -0.15) is 0 Å². The molecule has 4 nitrogen and oxygen atoms in total. The number of anilines is 1. The molecule has 112 valence electrons. The molecule has 0 aromatic heterocycles. The zero-order chi connectivity index (χ0) is 14.2. The van der Waals surface area contributed by atoms with Gasteiger partial charge in [-0.25, -0.2) is 0 Å². The first-order valence-electron chi connectivity index (χ1n) is 8.21. The van der Waals surface area contributed by atoms with Gasteiger partial charge in [-0.15, -0.1) is 0 Å². The molecule has 2 unspecified atom stereocenters. The summed E-state index contributed by atoms with van der Waals surface area (Å²) >= 11 is 0. The van der Waals surface area contributed by atoms with Gasteiger partial charge in [0.2, 0.25) is 0 Å². The van der Waals surface area contributed by atoms with Gasteiger partial charge in [0.1, 0.15) is 0 Å². The quantitative estimate of drug-likeness (QED) is 0.873. The molecule has 1 aromatic carbocycles. The maximum absolute atomic E-state index is 12.5. The number of fused-ring (bicyclic) bond motifs is 2. The first-order valence-corrected chi connectivity index (χ1v) is 8.21. The van der Waals surface area contributed by atoms with Crippen LogP contribution in [0.3, 0.4) is 0 Å². The standard InChI is InChI=1S/C17H23N3O/c21-17(13-3-4-16-12(10-13)5-7-18-16)19-14-6-9-20-8-1-2-15(20)11-14/h3-4,10,14-15,18H,1-2,5-9,11H2,(H,19,21). The normalized spacial score (nSPS) is 27.8. The predicted molar refractivity (Wildman–Crippen MR) is 83.7 cm³/mol. The van der Waals surface area contributed by atoms with Gasteiger partial charge in [0.15, 0.2) is 0 Å². The summed E-state index contributed by atoms with van der Waals surface area (Å²) in [5.74, 6) is 0.0983. The van der Waals surface area contributed by atoms with E-state index in [1.165, 1.54) is 30.6 Å². The maximum atomic E-state index is 12.5. The lowest BCUT2D eigenvalue weighted by molar-refractivity contribution is 0.0896. The topological polar surface area (TPSA) is 44.4 Å². The molecule has 3 heterocycles. The summed E-state index contributed by atoms with van der Waals surface area (Å²) in [6.45, 7) is 3.38. The molecule has 0 aliphatic carbocycles. The van der Waals surface area contributed by atoms with E-state index in [0.717, 1.165) is 37.9 Å². The molecule has 2 N–H and O–H groups in total. The van der Waals surface area contributed by atoms with Crippen LogP contribution in [0.5, 0.6) is 0 Å². The van der Waals surface area contributed by atoms with Gasteiger partial charge in [0, 0.05) is 36.4 Å². The van der Waals surface area contributed by atoms with Crippen molar-refractivity contribution in [3.63, 3.8) is 0 Å². The van der Waals surface area contributed by atoms with Gasteiger partial charge in [0.25, 0.3) is 5.91 Å². The molecule has 1 amide bonds. The van der Waals surface area contributed by atoms with Crippen LogP contribution in [-0.2, 0) is 6.42 Å². The van der Waals surface area contributed by atoms with Crippen LogP contribution in [0.25, 0.3) is 0 Å². The van der Waals surface area contributed by atoms with Crippen molar-refractivity contribution in [1.82, 2.24) is 10.2 Å². The average molecular weight is 285 g/mol. The van der Waals surface area contributed by atoms with Gasteiger partial charge >= 0.3 is 0 Å². The molecule has 3 aliphatic heterocycles. The van der Waals surface area contributed by atoms with Gasteiger partial charge in [0.05, 0.1) is 0 Å². The van der Waals surface area contributed by atoms with Crippen molar-refractivity contribution in [2.45, 2.75) is 44.2 Å². The number of carbonyl (C=O) groups excluding carboxylic acids is 1. The van der Waals surface area contributed by atoms with Gasteiger partial charge in [-0.3, -0.25) is 4.79 Å². The third kappa shape index (κ3) is 2.53. The second-order valence-electron chi connectivity index (χ2n) is 6.58. The molecule has 2 fully saturated rings. The lowest BCUT2D eigenvalue weighted by atomic mass is 9.97. The van der Waals surface area contributed by atoms with E-state index in [9.17, 15) is 4.79 Å². The molecule has 2 saturated heterocycles. The first kappa shape index (κ1) is 13.1. The molecular formula is C17H23N3O. The Morgan fingerprint density at radius 2 is 2.24 bits per heavy atom. The van der Waals surface area contributed by atoms with Crippen LogP contribution in [0.2, 0.25) is 0 Å². The smallest absolute Gasteiger partial charge is 0.251 e. The fraction of sp³-hybridized carbons (Fsp3) is 0.588. The number of amides is 1. The van der Waals surface area contributed by atoms with Crippen molar-refractivity contribution in [3.8, 4) is 0 Å². The van der Waals surface area contributed by atoms with Crippen molar-refractivity contribution in [2.75, 3.05) is 25.0 Å². The van der Waals surface area contributed by atoms with Crippen LogP contribution in [0.15, 0.2) is 18.2 Å². The highest BCUT2D eigenvalue weighted by molar-refractivity contribution is 5.95. The summed E-state index contributed by atoms with van der Waals surface area (Å²) in [5, 5.41) is 6.59. The van der Waals surface area contributed by atoms with E-state index in [1.54, 1.807) is 0 Å². The summed E-state index contributed by atoms with van der Waals surface area (Å²) in [6.07, 6.45) is 5.87. The number of nitrogens with zero attached hydrogens (tertiary/aromatic N) is 1. The van der Waals surface area contributed by atoms with Crippen LogP contribution in [0, 0.1) is 0 Å². The van der Waals surface area contributed by atoms with Gasteiger partial charge in [-0.1, -0.05) is 0 Å². The lowest BCUT2D eigenvalue weighted by Gasteiger charge is -2.35. The van der Waals surface area contributed by atoms with Crippen molar-refractivity contribution in [2.24, 2.45) is 0 Å². The highest BCUT2D eigenvalue weighted by Crippen LogP contribution is 2.27. The van der Waals surface area contributed by atoms with E-state index in [4.69, 9.17) is 0 Å². The molecule has 2 atom stereocenters. The van der Waals surface area contributed by atoms with Crippen LogP contribution < -0.4 is 10.6 Å². The van der Waals surface area contributed by atoms with Crippen molar-refractivity contribution in [1.29, 1.82) is 0 Å². The Balaban J connectivity index is 1.41. The average Bonchev–Trinajstić information content (AvgIpc) is 3.14.